The van der Waals surface area contributed by atoms with Crippen molar-refractivity contribution in [1.82, 2.24) is 4.98 Å². The molecular weight excluding hydrogens is 248 g/mol. The highest BCUT2D eigenvalue weighted by molar-refractivity contribution is 7.15. The van der Waals surface area contributed by atoms with Crippen LogP contribution in [0, 0.1) is 0 Å². The molecule has 0 aliphatic heterocycles. The van der Waals surface area contributed by atoms with Crippen molar-refractivity contribution in [3.63, 3.8) is 0 Å². The Morgan fingerprint density at radius 2 is 2.11 bits per heavy atom. The molecule has 1 heterocycles. The number of hydrogen-bond acceptors (Lipinski definition) is 5. The molecule has 96 valence electrons. The average Bonchev–Trinajstić information content (AvgIpc) is 2.87. The number of benzene rings is 1. The lowest BCUT2D eigenvalue weighted by molar-refractivity contribution is 0.404. The van der Waals surface area contributed by atoms with Crippen LogP contribution in [0.2, 0.25) is 0 Å². The summed E-state index contributed by atoms with van der Waals surface area (Å²) in [4.78, 5) is 5.59. The highest BCUT2D eigenvalue weighted by atomic mass is 32.1. The Kier molecular flexibility index (Phi) is 4.17. The Balaban J connectivity index is 2.40. The van der Waals surface area contributed by atoms with Crippen LogP contribution in [-0.2, 0) is 6.42 Å². The Morgan fingerprint density at radius 1 is 1.28 bits per heavy atom. The molecule has 0 aliphatic rings. The molecular formula is C13H16N2O2S. The third kappa shape index (κ3) is 2.63. The van der Waals surface area contributed by atoms with Gasteiger partial charge in [0.2, 0.25) is 0 Å². The second kappa shape index (κ2) is 5.84. The van der Waals surface area contributed by atoms with Crippen LogP contribution in [0.1, 0.15) is 4.88 Å². The molecule has 1 aromatic heterocycles. The summed E-state index contributed by atoms with van der Waals surface area (Å²) in [7, 11) is 3.30. The van der Waals surface area contributed by atoms with Gasteiger partial charge in [-0.05, 0) is 31.2 Å². The van der Waals surface area contributed by atoms with Crippen LogP contribution in [0.4, 0.5) is 0 Å². The first-order valence-electron chi connectivity index (χ1n) is 5.65. The van der Waals surface area contributed by atoms with Crippen molar-refractivity contribution in [3.8, 4) is 22.1 Å². The Bertz CT molecular complexity index is 525. The van der Waals surface area contributed by atoms with Gasteiger partial charge in [-0.25, -0.2) is 4.98 Å². The Morgan fingerprint density at radius 3 is 2.78 bits per heavy atom. The number of thiazole rings is 1. The monoisotopic (exact) mass is 264 g/mol. The van der Waals surface area contributed by atoms with Crippen molar-refractivity contribution < 1.29 is 9.47 Å². The Labute approximate surface area is 110 Å². The third-order valence-electron chi connectivity index (χ3n) is 2.58. The van der Waals surface area contributed by atoms with Crippen LogP contribution in [0.5, 0.6) is 11.5 Å². The first kappa shape index (κ1) is 12.9. The number of hydrogen-bond donors (Lipinski definition) is 1. The molecule has 0 aliphatic carbocycles. The second-order valence-corrected chi connectivity index (χ2v) is 4.85. The fraction of sp³-hybridized carbons (Fsp3) is 0.308. The maximum Gasteiger partial charge on any atom is 0.129 e. The van der Waals surface area contributed by atoms with Gasteiger partial charge >= 0.3 is 0 Å². The molecule has 0 saturated heterocycles. The van der Waals surface area contributed by atoms with Gasteiger partial charge < -0.3 is 15.2 Å². The van der Waals surface area contributed by atoms with Gasteiger partial charge in [-0.15, -0.1) is 11.3 Å². The molecule has 2 aromatic rings. The molecule has 0 bridgehead atoms. The summed E-state index contributed by atoms with van der Waals surface area (Å²) in [6.07, 6.45) is 2.72. The first-order valence-corrected chi connectivity index (χ1v) is 6.47. The van der Waals surface area contributed by atoms with E-state index in [4.69, 9.17) is 15.2 Å². The zero-order valence-corrected chi connectivity index (χ0v) is 11.3. The third-order valence-corrected chi connectivity index (χ3v) is 3.67. The normalized spacial score (nSPS) is 10.4. The molecule has 0 radical (unpaired) electrons. The van der Waals surface area contributed by atoms with Gasteiger partial charge in [0.15, 0.2) is 0 Å². The summed E-state index contributed by atoms with van der Waals surface area (Å²) in [6, 6.07) is 5.69. The van der Waals surface area contributed by atoms with E-state index in [1.807, 2.05) is 24.4 Å². The van der Waals surface area contributed by atoms with E-state index in [1.165, 1.54) is 4.88 Å². The van der Waals surface area contributed by atoms with Crippen LogP contribution in [0.25, 0.3) is 10.6 Å². The minimum absolute atomic E-state index is 0.636. The predicted octanol–water partition coefficient (Wildman–Crippen LogP) is 2.33. The smallest absolute Gasteiger partial charge is 0.129 e. The lowest BCUT2D eigenvalue weighted by Crippen LogP contribution is -2.00. The summed E-state index contributed by atoms with van der Waals surface area (Å²) in [5.74, 6) is 1.59. The van der Waals surface area contributed by atoms with Gasteiger partial charge in [0.1, 0.15) is 16.5 Å². The van der Waals surface area contributed by atoms with Gasteiger partial charge in [0, 0.05) is 11.1 Å². The SMILES string of the molecule is COc1ccc(OC)c(-c2ncc(CCN)s2)c1. The molecule has 5 heteroatoms. The molecule has 1 aromatic carbocycles. The topological polar surface area (TPSA) is 57.4 Å². The van der Waals surface area contributed by atoms with Crippen molar-refractivity contribution >= 4 is 11.3 Å². The van der Waals surface area contributed by atoms with Crippen LogP contribution in [0.15, 0.2) is 24.4 Å². The van der Waals surface area contributed by atoms with Crippen molar-refractivity contribution in [3.05, 3.63) is 29.3 Å². The number of ether oxygens (including phenoxy) is 2. The summed E-state index contributed by atoms with van der Waals surface area (Å²) in [6.45, 7) is 0.636. The quantitative estimate of drug-likeness (QED) is 0.900. The van der Waals surface area contributed by atoms with Crippen LogP contribution < -0.4 is 15.2 Å². The van der Waals surface area contributed by atoms with Gasteiger partial charge in [0.05, 0.1) is 19.8 Å². The van der Waals surface area contributed by atoms with Crippen LogP contribution in [0.3, 0.4) is 0 Å². The zero-order valence-electron chi connectivity index (χ0n) is 10.5. The number of methoxy groups -OCH3 is 2. The molecule has 4 nitrogen and oxygen atoms in total. The summed E-state index contributed by atoms with van der Waals surface area (Å²) in [5.41, 5.74) is 6.49. The van der Waals surface area contributed by atoms with Crippen molar-refractivity contribution in [2.45, 2.75) is 6.42 Å². The van der Waals surface area contributed by atoms with Crippen molar-refractivity contribution in [1.29, 1.82) is 0 Å². The number of rotatable bonds is 5. The lowest BCUT2D eigenvalue weighted by atomic mass is 10.2. The number of nitrogens with two attached hydrogens (primary N) is 1. The molecule has 18 heavy (non-hydrogen) atoms. The van der Waals surface area contributed by atoms with E-state index in [-0.39, 0.29) is 0 Å². The summed E-state index contributed by atoms with van der Waals surface area (Å²) < 4.78 is 10.6. The molecule has 0 spiro atoms. The predicted molar refractivity (Wildman–Crippen MR) is 73.4 cm³/mol. The highest BCUT2D eigenvalue weighted by Crippen LogP contribution is 2.35. The number of aromatic nitrogens is 1. The van der Waals surface area contributed by atoms with Gasteiger partial charge in [0.25, 0.3) is 0 Å². The molecule has 0 fully saturated rings. The van der Waals surface area contributed by atoms with Crippen LogP contribution in [-0.4, -0.2) is 25.7 Å². The van der Waals surface area contributed by atoms with E-state index >= 15 is 0 Å². The minimum atomic E-state index is 0.636. The molecule has 2 N–H and O–H groups in total. The summed E-state index contributed by atoms with van der Waals surface area (Å²) in [5, 5.41) is 0.925. The average molecular weight is 264 g/mol. The second-order valence-electron chi connectivity index (χ2n) is 3.74. The minimum Gasteiger partial charge on any atom is -0.497 e. The van der Waals surface area contributed by atoms with E-state index in [0.29, 0.717) is 6.54 Å². The van der Waals surface area contributed by atoms with E-state index in [1.54, 1.807) is 25.6 Å². The number of nitrogens with zero attached hydrogens (tertiary/aromatic N) is 1. The molecule has 0 atom stereocenters. The van der Waals surface area contributed by atoms with Gasteiger partial charge in [-0.1, -0.05) is 0 Å². The lowest BCUT2D eigenvalue weighted by Gasteiger charge is -2.08. The maximum atomic E-state index is 5.54. The zero-order chi connectivity index (χ0) is 13.0. The molecule has 0 amide bonds. The molecule has 0 unspecified atom stereocenters. The Hall–Kier alpha value is -1.59. The fourth-order valence-electron chi connectivity index (χ4n) is 1.67. The van der Waals surface area contributed by atoms with Gasteiger partial charge in [-0.2, -0.15) is 0 Å². The van der Waals surface area contributed by atoms with Crippen LogP contribution >= 0.6 is 11.3 Å². The fourth-order valence-corrected chi connectivity index (χ4v) is 2.62. The summed E-state index contributed by atoms with van der Waals surface area (Å²) >= 11 is 1.63. The van der Waals surface area contributed by atoms with E-state index < -0.39 is 0 Å². The largest absolute Gasteiger partial charge is 0.497 e. The maximum absolute atomic E-state index is 5.54. The van der Waals surface area contributed by atoms with Gasteiger partial charge in [-0.3, -0.25) is 0 Å². The molecule has 2 rings (SSSR count). The van der Waals surface area contributed by atoms with E-state index in [2.05, 4.69) is 4.98 Å². The van der Waals surface area contributed by atoms with E-state index in [9.17, 15) is 0 Å². The first-order chi connectivity index (χ1) is 8.78. The standard InChI is InChI=1S/C13H16N2O2S/c1-16-9-3-4-12(17-2)11(7-9)13-15-8-10(18-13)5-6-14/h3-4,7-8H,5-6,14H2,1-2H3. The molecule has 0 saturated carbocycles. The van der Waals surface area contributed by atoms with Crippen molar-refractivity contribution in [2.75, 3.05) is 20.8 Å². The van der Waals surface area contributed by atoms with Crippen molar-refractivity contribution in [2.24, 2.45) is 5.73 Å². The van der Waals surface area contributed by atoms with E-state index in [0.717, 1.165) is 28.5 Å². The highest BCUT2D eigenvalue weighted by Gasteiger charge is 2.11.